The van der Waals surface area contributed by atoms with Crippen LogP contribution in [-0.2, 0) is 0 Å². The molecule has 6 nitrogen and oxygen atoms in total. The Hall–Kier alpha value is -3.45. The van der Waals surface area contributed by atoms with E-state index in [1.807, 2.05) is 18.2 Å². The fourth-order valence-corrected chi connectivity index (χ4v) is 3.60. The summed E-state index contributed by atoms with van der Waals surface area (Å²) in [6, 6.07) is 8.44. The van der Waals surface area contributed by atoms with Crippen molar-refractivity contribution in [3.05, 3.63) is 59.8 Å². The van der Waals surface area contributed by atoms with Crippen molar-refractivity contribution in [2.45, 2.75) is 0 Å². The minimum atomic E-state index is -0.521. The predicted molar refractivity (Wildman–Crippen MR) is 105 cm³/mol. The summed E-state index contributed by atoms with van der Waals surface area (Å²) < 4.78 is 19.8. The first-order valence-electron chi connectivity index (χ1n) is 8.46. The number of hydrogen-bond donors (Lipinski definition) is 2. The number of aromatic nitrogens is 4. The van der Waals surface area contributed by atoms with Crippen LogP contribution in [0, 0.1) is 5.82 Å². The Morgan fingerprint density at radius 1 is 1.14 bits per heavy atom. The van der Waals surface area contributed by atoms with Crippen molar-refractivity contribution in [3.8, 4) is 39.7 Å². The van der Waals surface area contributed by atoms with Crippen molar-refractivity contribution in [2.24, 2.45) is 0 Å². The van der Waals surface area contributed by atoms with Gasteiger partial charge in [0.15, 0.2) is 0 Å². The molecule has 0 unspecified atom stereocenters. The number of nitrogens with one attached hydrogen (secondary N) is 2. The zero-order valence-corrected chi connectivity index (χ0v) is 15.4. The maximum Gasteiger partial charge on any atom is 0.143 e. The Morgan fingerprint density at radius 3 is 2.86 bits per heavy atom. The zero-order chi connectivity index (χ0) is 19.3. The smallest absolute Gasteiger partial charge is 0.143 e. The molecule has 0 radical (unpaired) electrons. The Kier molecular flexibility index (Phi) is 3.77. The maximum absolute atomic E-state index is 14.8. The first-order valence-corrected chi connectivity index (χ1v) is 8.83. The third-order valence-electron chi connectivity index (χ3n) is 4.60. The van der Waals surface area contributed by atoms with Gasteiger partial charge in [-0.2, -0.15) is 0 Å². The second-order valence-electron chi connectivity index (χ2n) is 6.22. The maximum atomic E-state index is 14.8. The highest BCUT2D eigenvalue weighted by Gasteiger charge is 2.25. The first kappa shape index (κ1) is 16.7. The molecular weight excluding hydrogens is 381 g/mol. The normalized spacial score (nSPS) is 11.7. The molecule has 0 aliphatic carbocycles. The highest BCUT2D eigenvalue weighted by Crippen LogP contribution is 2.44. The number of H-pyrrole nitrogens is 1. The lowest BCUT2D eigenvalue weighted by atomic mass is 10.1. The Balaban J connectivity index is 1.79. The van der Waals surface area contributed by atoms with Crippen molar-refractivity contribution in [1.29, 1.82) is 0 Å². The molecule has 0 amide bonds. The van der Waals surface area contributed by atoms with Gasteiger partial charge in [0.25, 0.3) is 0 Å². The van der Waals surface area contributed by atoms with Gasteiger partial charge in [-0.3, -0.25) is 4.98 Å². The minimum Gasteiger partial charge on any atom is -0.497 e. The van der Waals surface area contributed by atoms with Crippen LogP contribution in [0.2, 0.25) is 5.02 Å². The summed E-state index contributed by atoms with van der Waals surface area (Å²) in [5, 5.41) is 3.49. The molecule has 0 bridgehead atoms. The van der Waals surface area contributed by atoms with E-state index in [1.165, 1.54) is 13.2 Å². The largest absolute Gasteiger partial charge is 0.497 e. The molecule has 2 N–H and O–H groups in total. The van der Waals surface area contributed by atoms with E-state index in [9.17, 15) is 4.39 Å². The SMILES string of the molecule is COc1cc(F)c(-c2nc3c([nH]2)-c2ccncc2Nc2ncccc2-3)c(Cl)c1. The number of imidazole rings is 1. The number of benzene rings is 1. The average Bonchev–Trinajstić information content (AvgIpc) is 3.07. The number of nitrogens with zero attached hydrogens (tertiary/aromatic N) is 3. The van der Waals surface area contributed by atoms with Crippen LogP contribution in [0.4, 0.5) is 15.9 Å². The lowest BCUT2D eigenvalue weighted by Gasteiger charge is -2.09. The summed E-state index contributed by atoms with van der Waals surface area (Å²) in [6.45, 7) is 0. The Labute approximate surface area is 164 Å². The van der Waals surface area contributed by atoms with Gasteiger partial charge in [0, 0.05) is 29.6 Å². The standard InChI is InChI=1S/C20H13ClFN5O/c1-28-10-7-13(21)16(14(22)8-10)20-26-17-11-4-6-23-9-15(11)25-19-12(18(17)27-20)3-2-5-24-19/h2-9H,1H3,(H,24,25)(H,26,27). The monoisotopic (exact) mass is 393 g/mol. The molecule has 0 spiro atoms. The van der Waals surface area contributed by atoms with Crippen LogP contribution in [0.3, 0.4) is 0 Å². The third kappa shape index (κ3) is 2.51. The van der Waals surface area contributed by atoms with Crippen LogP contribution in [-0.4, -0.2) is 27.0 Å². The summed E-state index contributed by atoms with van der Waals surface area (Å²) in [7, 11) is 1.46. The fraction of sp³-hybridized carbons (Fsp3) is 0.0500. The molecule has 28 heavy (non-hydrogen) atoms. The molecule has 1 aliphatic heterocycles. The van der Waals surface area contributed by atoms with Crippen LogP contribution in [0.1, 0.15) is 0 Å². The van der Waals surface area contributed by atoms with Gasteiger partial charge in [0.05, 0.1) is 35.3 Å². The highest BCUT2D eigenvalue weighted by atomic mass is 35.5. The molecule has 0 atom stereocenters. The van der Waals surface area contributed by atoms with E-state index in [0.717, 1.165) is 22.5 Å². The Morgan fingerprint density at radius 2 is 2.04 bits per heavy atom. The fourth-order valence-electron chi connectivity index (χ4n) is 3.31. The highest BCUT2D eigenvalue weighted by molar-refractivity contribution is 6.33. The summed E-state index contributed by atoms with van der Waals surface area (Å²) in [5.74, 6) is 0.798. The summed E-state index contributed by atoms with van der Waals surface area (Å²) in [5.41, 5.74) is 4.00. The number of rotatable bonds is 2. The molecular formula is C20H13ClFN5O. The molecule has 0 fully saturated rings. The molecule has 8 heteroatoms. The molecule has 3 aromatic heterocycles. The van der Waals surface area contributed by atoms with Crippen LogP contribution < -0.4 is 10.1 Å². The average molecular weight is 394 g/mol. The quantitative estimate of drug-likeness (QED) is 0.438. The zero-order valence-electron chi connectivity index (χ0n) is 14.6. The van der Waals surface area contributed by atoms with Crippen LogP contribution >= 0.6 is 11.6 Å². The number of aromatic amines is 1. The van der Waals surface area contributed by atoms with Gasteiger partial charge in [-0.1, -0.05) is 11.6 Å². The van der Waals surface area contributed by atoms with Crippen molar-refractivity contribution in [1.82, 2.24) is 19.9 Å². The van der Waals surface area contributed by atoms with E-state index in [0.29, 0.717) is 23.1 Å². The number of ether oxygens (including phenoxy) is 1. The van der Waals surface area contributed by atoms with Crippen molar-refractivity contribution in [2.75, 3.05) is 12.4 Å². The number of hydrogen-bond acceptors (Lipinski definition) is 5. The first-order chi connectivity index (χ1) is 13.7. The minimum absolute atomic E-state index is 0.185. The molecule has 5 rings (SSSR count). The third-order valence-corrected chi connectivity index (χ3v) is 4.90. The molecule has 4 heterocycles. The van der Waals surface area contributed by atoms with E-state index in [2.05, 4.69) is 25.3 Å². The number of fused-ring (bicyclic) bond motifs is 5. The van der Waals surface area contributed by atoms with E-state index in [1.54, 1.807) is 24.7 Å². The second-order valence-corrected chi connectivity index (χ2v) is 6.63. The van der Waals surface area contributed by atoms with Gasteiger partial charge < -0.3 is 15.0 Å². The van der Waals surface area contributed by atoms with Gasteiger partial charge in [-0.25, -0.2) is 14.4 Å². The van der Waals surface area contributed by atoms with Gasteiger partial charge in [0.1, 0.15) is 28.9 Å². The number of pyridine rings is 2. The van der Waals surface area contributed by atoms with Gasteiger partial charge in [0.2, 0.25) is 0 Å². The molecule has 0 saturated carbocycles. The molecule has 4 aromatic rings. The van der Waals surface area contributed by atoms with Crippen molar-refractivity contribution < 1.29 is 9.13 Å². The lowest BCUT2D eigenvalue weighted by molar-refractivity contribution is 0.411. The van der Waals surface area contributed by atoms with Crippen molar-refractivity contribution >= 4 is 23.1 Å². The summed E-state index contributed by atoms with van der Waals surface area (Å²) in [6.07, 6.45) is 5.10. The van der Waals surface area contributed by atoms with Crippen LogP contribution in [0.5, 0.6) is 5.75 Å². The molecule has 1 aliphatic rings. The molecule has 1 aromatic carbocycles. The van der Waals surface area contributed by atoms with Gasteiger partial charge >= 0.3 is 0 Å². The predicted octanol–water partition coefficient (Wildman–Crippen LogP) is 5.06. The van der Waals surface area contributed by atoms with Crippen molar-refractivity contribution in [3.63, 3.8) is 0 Å². The van der Waals surface area contributed by atoms with E-state index >= 15 is 0 Å². The van der Waals surface area contributed by atoms with Crippen LogP contribution in [0.15, 0.2) is 48.9 Å². The van der Waals surface area contributed by atoms with Gasteiger partial charge in [-0.05, 0) is 24.3 Å². The lowest BCUT2D eigenvalue weighted by Crippen LogP contribution is -1.96. The number of methoxy groups -OCH3 is 1. The van der Waals surface area contributed by atoms with E-state index in [4.69, 9.17) is 16.3 Å². The second kappa shape index (κ2) is 6.31. The number of anilines is 2. The molecule has 138 valence electrons. The molecule has 0 saturated heterocycles. The Bertz CT molecular complexity index is 1140. The number of halogens is 2. The van der Waals surface area contributed by atoms with E-state index in [-0.39, 0.29) is 10.6 Å². The van der Waals surface area contributed by atoms with Gasteiger partial charge in [-0.15, -0.1) is 0 Å². The summed E-state index contributed by atoms with van der Waals surface area (Å²) in [4.78, 5) is 16.5. The topological polar surface area (TPSA) is 75.7 Å². The van der Waals surface area contributed by atoms with Crippen LogP contribution in [0.25, 0.3) is 33.9 Å². The van der Waals surface area contributed by atoms with E-state index < -0.39 is 5.82 Å². The summed E-state index contributed by atoms with van der Waals surface area (Å²) >= 11 is 6.33.